The summed E-state index contributed by atoms with van der Waals surface area (Å²) in [5.41, 5.74) is -0.569. The zero-order chi connectivity index (χ0) is 12.3. The van der Waals surface area contributed by atoms with Crippen molar-refractivity contribution in [3.05, 3.63) is 29.8 Å². The summed E-state index contributed by atoms with van der Waals surface area (Å²) in [5.74, 6) is 0. The molecular formula is C10H10F3NO2. The van der Waals surface area contributed by atoms with Gasteiger partial charge in [0.25, 0.3) is 0 Å². The molecule has 1 aromatic carbocycles. The van der Waals surface area contributed by atoms with Crippen molar-refractivity contribution in [3.63, 3.8) is 0 Å². The Morgan fingerprint density at radius 3 is 2.12 bits per heavy atom. The Morgan fingerprint density at radius 2 is 1.81 bits per heavy atom. The van der Waals surface area contributed by atoms with Crippen molar-refractivity contribution in [2.45, 2.75) is 13.1 Å². The van der Waals surface area contributed by atoms with Crippen LogP contribution in [-0.4, -0.2) is 17.7 Å². The van der Waals surface area contributed by atoms with Gasteiger partial charge in [-0.15, -0.1) is 0 Å². The number of anilines is 1. The van der Waals surface area contributed by atoms with E-state index in [2.05, 4.69) is 0 Å². The van der Waals surface area contributed by atoms with Crippen molar-refractivity contribution in [1.82, 2.24) is 0 Å². The summed E-state index contributed by atoms with van der Waals surface area (Å²) in [6.45, 7) is 1.78. The molecule has 0 bridgehead atoms. The highest BCUT2D eigenvalue weighted by Crippen LogP contribution is 2.30. The summed E-state index contributed by atoms with van der Waals surface area (Å²) in [4.78, 5) is 11.7. The number of rotatable bonds is 2. The Morgan fingerprint density at radius 1 is 1.31 bits per heavy atom. The third-order valence-electron chi connectivity index (χ3n) is 2.05. The Kier molecular flexibility index (Phi) is 3.41. The van der Waals surface area contributed by atoms with E-state index in [-0.39, 0.29) is 12.2 Å². The second kappa shape index (κ2) is 4.42. The Labute approximate surface area is 90.1 Å². The number of amides is 1. The molecule has 16 heavy (non-hydrogen) atoms. The largest absolute Gasteiger partial charge is 0.465 e. The van der Waals surface area contributed by atoms with E-state index in [0.29, 0.717) is 0 Å². The van der Waals surface area contributed by atoms with Crippen molar-refractivity contribution in [2.24, 2.45) is 0 Å². The lowest BCUT2D eigenvalue weighted by Gasteiger charge is -2.17. The maximum atomic E-state index is 12.2. The van der Waals surface area contributed by atoms with Crippen LogP contribution in [0.2, 0.25) is 0 Å². The van der Waals surface area contributed by atoms with Gasteiger partial charge in [0.1, 0.15) is 0 Å². The molecule has 1 aromatic rings. The molecule has 0 unspecified atom stereocenters. The molecule has 1 rings (SSSR count). The van der Waals surface area contributed by atoms with Crippen molar-refractivity contribution < 1.29 is 23.1 Å². The predicted molar refractivity (Wildman–Crippen MR) is 52.5 cm³/mol. The van der Waals surface area contributed by atoms with Gasteiger partial charge in [0.05, 0.1) is 5.56 Å². The first-order valence-corrected chi connectivity index (χ1v) is 4.54. The lowest BCUT2D eigenvalue weighted by Crippen LogP contribution is -2.28. The summed E-state index contributed by atoms with van der Waals surface area (Å²) in [6.07, 6.45) is -5.60. The van der Waals surface area contributed by atoms with Crippen LogP contribution in [0.5, 0.6) is 0 Å². The highest BCUT2D eigenvalue weighted by Gasteiger charge is 2.30. The minimum absolute atomic E-state index is 0.181. The number of carbonyl (C=O) groups is 1. The molecular weight excluding hydrogens is 223 g/mol. The molecule has 0 spiro atoms. The van der Waals surface area contributed by atoms with Crippen molar-refractivity contribution in [1.29, 1.82) is 0 Å². The van der Waals surface area contributed by atoms with Crippen molar-refractivity contribution in [3.8, 4) is 0 Å². The first kappa shape index (κ1) is 12.4. The van der Waals surface area contributed by atoms with Crippen LogP contribution in [0.1, 0.15) is 12.5 Å². The SMILES string of the molecule is CCN(C(=O)O)c1ccc(C(F)(F)F)cc1. The second-order valence-corrected chi connectivity index (χ2v) is 3.07. The summed E-state index contributed by atoms with van der Waals surface area (Å²) in [5, 5.41) is 8.76. The van der Waals surface area contributed by atoms with E-state index in [9.17, 15) is 18.0 Å². The van der Waals surface area contributed by atoms with E-state index in [1.54, 1.807) is 6.92 Å². The molecule has 0 aliphatic carbocycles. The van der Waals surface area contributed by atoms with Gasteiger partial charge in [-0.1, -0.05) is 0 Å². The fourth-order valence-electron chi connectivity index (χ4n) is 1.26. The number of hydrogen-bond donors (Lipinski definition) is 1. The average molecular weight is 233 g/mol. The Balaban J connectivity index is 2.98. The Bertz CT molecular complexity index is 373. The molecule has 6 heteroatoms. The van der Waals surface area contributed by atoms with Crippen LogP contribution >= 0.6 is 0 Å². The van der Waals surface area contributed by atoms with Crippen LogP contribution in [0.25, 0.3) is 0 Å². The van der Waals surface area contributed by atoms with Crippen LogP contribution in [0, 0.1) is 0 Å². The summed E-state index contributed by atoms with van der Waals surface area (Å²) < 4.78 is 36.7. The zero-order valence-corrected chi connectivity index (χ0v) is 8.45. The van der Waals surface area contributed by atoms with E-state index in [1.165, 1.54) is 0 Å². The van der Waals surface area contributed by atoms with Crippen molar-refractivity contribution >= 4 is 11.8 Å². The van der Waals surface area contributed by atoms with E-state index in [0.717, 1.165) is 29.2 Å². The summed E-state index contributed by atoms with van der Waals surface area (Å²) >= 11 is 0. The fourth-order valence-corrected chi connectivity index (χ4v) is 1.26. The monoisotopic (exact) mass is 233 g/mol. The molecule has 1 amide bonds. The molecule has 0 aliphatic rings. The van der Waals surface area contributed by atoms with Gasteiger partial charge < -0.3 is 5.11 Å². The molecule has 0 saturated carbocycles. The third kappa shape index (κ3) is 2.65. The number of alkyl halides is 3. The number of hydrogen-bond acceptors (Lipinski definition) is 1. The highest BCUT2D eigenvalue weighted by molar-refractivity contribution is 5.85. The number of halogens is 3. The first-order chi connectivity index (χ1) is 7.36. The highest BCUT2D eigenvalue weighted by atomic mass is 19.4. The molecule has 0 atom stereocenters. The molecule has 0 saturated heterocycles. The van der Waals surface area contributed by atoms with Crippen LogP contribution in [0.4, 0.5) is 23.7 Å². The molecule has 0 heterocycles. The van der Waals surface area contributed by atoms with Gasteiger partial charge in [-0.05, 0) is 31.2 Å². The van der Waals surface area contributed by atoms with E-state index in [4.69, 9.17) is 5.11 Å². The summed E-state index contributed by atoms with van der Waals surface area (Å²) in [6, 6.07) is 4.00. The lowest BCUT2D eigenvalue weighted by molar-refractivity contribution is -0.137. The van der Waals surface area contributed by atoms with Gasteiger partial charge in [0.15, 0.2) is 0 Å². The van der Waals surface area contributed by atoms with Gasteiger partial charge in [-0.3, -0.25) is 4.90 Å². The minimum Gasteiger partial charge on any atom is -0.465 e. The van der Waals surface area contributed by atoms with Gasteiger partial charge >= 0.3 is 12.3 Å². The topological polar surface area (TPSA) is 40.5 Å². The van der Waals surface area contributed by atoms with E-state index < -0.39 is 17.8 Å². The van der Waals surface area contributed by atoms with Crippen LogP contribution in [0.3, 0.4) is 0 Å². The molecule has 3 nitrogen and oxygen atoms in total. The molecule has 1 N–H and O–H groups in total. The second-order valence-electron chi connectivity index (χ2n) is 3.07. The van der Waals surface area contributed by atoms with Gasteiger partial charge in [0.2, 0.25) is 0 Å². The zero-order valence-electron chi connectivity index (χ0n) is 8.45. The van der Waals surface area contributed by atoms with E-state index >= 15 is 0 Å². The molecule has 0 fully saturated rings. The molecule has 0 aromatic heterocycles. The molecule has 0 aliphatic heterocycles. The van der Waals surface area contributed by atoms with Crippen molar-refractivity contribution in [2.75, 3.05) is 11.4 Å². The molecule has 0 radical (unpaired) electrons. The van der Waals surface area contributed by atoms with Gasteiger partial charge in [-0.2, -0.15) is 13.2 Å². The number of nitrogens with zero attached hydrogens (tertiary/aromatic N) is 1. The normalized spacial score (nSPS) is 11.2. The standard InChI is InChI=1S/C10H10F3NO2/c1-2-14(9(15)16)8-5-3-7(4-6-8)10(11,12)13/h3-6H,2H2,1H3,(H,15,16). The summed E-state index contributed by atoms with van der Waals surface area (Å²) in [7, 11) is 0. The predicted octanol–water partition coefficient (Wildman–Crippen LogP) is 3.21. The van der Waals surface area contributed by atoms with Crippen LogP contribution in [-0.2, 0) is 6.18 Å². The smallest absolute Gasteiger partial charge is 0.416 e. The average Bonchev–Trinajstić information content (AvgIpc) is 2.17. The number of carboxylic acid groups (broad SMARTS) is 1. The maximum absolute atomic E-state index is 12.2. The molecule has 88 valence electrons. The maximum Gasteiger partial charge on any atom is 0.416 e. The minimum atomic E-state index is -4.40. The van der Waals surface area contributed by atoms with Gasteiger partial charge in [0, 0.05) is 12.2 Å². The lowest BCUT2D eigenvalue weighted by atomic mass is 10.2. The quantitative estimate of drug-likeness (QED) is 0.852. The van der Waals surface area contributed by atoms with Gasteiger partial charge in [-0.25, -0.2) is 4.79 Å². The first-order valence-electron chi connectivity index (χ1n) is 4.54. The number of benzene rings is 1. The fraction of sp³-hybridized carbons (Fsp3) is 0.300. The van der Waals surface area contributed by atoms with Crippen LogP contribution in [0.15, 0.2) is 24.3 Å². The van der Waals surface area contributed by atoms with Crippen LogP contribution < -0.4 is 4.90 Å². The van der Waals surface area contributed by atoms with E-state index in [1.807, 2.05) is 0 Å². The third-order valence-corrected chi connectivity index (χ3v) is 2.05. The Hall–Kier alpha value is -1.72.